The first-order valence-corrected chi connectivity index (χ1v) is 7.49. The molecule has 0 spiro atoms. The van der Waals surface area contributed by atoms with E-state index in [-0.39, 0.29) is 17.9 Å². The minimum atomic E-state index is -4.39. The van der Waals surface area contributed by atoms with Crippen molar-refractivity contribution in [2.75, 3.05) is 13.1 Å². The number of nitrogens with zero attached hydrogens (tertiary/aromatic N) is 1. The van der Waals surface area contributed by atoms with Crippen LogP contribution in [-0.2, 0) is 6.18 Å². The van der Waals surface area contributed by atoms with Gasteiger partial charge in [0.05, 0.1) is 5.56 Å². The number of pyridine rings is 1. The molecule has 23 heavy (non-hydrogen) atoms. The number of benzene rings is 1. The Morgan fingerprint density at radius 2 is 1.91 bits per heavy atom. The van der Waals surface area contributed by atoms with Crippen LogP contribution < -0.4 is 10.1 Å². The van der Waals surface area contributed by atoms with E-state index in [0.717, 1.165) is 37.3 Å². The molecular formula is C17H17F3N2O. The molecule has 3 rings (SSSR count). The van der Waals surface area contributed by atoms with Gasteiger partial charge in [-0.2, -0.15) is 13.2 Å². The standard InChI is InChI=1S/C17H17F3N2O/c18-17(19,20)14-6-7-15(22-11-14)23-16(13-8-9-21-10-13)12-4-2-1-3-5-12/h1-7,11,13,16,21H,8-10H2/t13-,16-/m0/s1. The summed E-state index contributed by atoms with van der Waals surface area (Å²) in [6.45, 7) is 1.73. The average Bonchev–Trinajstić information content (AvgIpc) is 3.07. The molecule has 0 unspecified atom stereocenters. The molecule has 0 radical (unpaired) electrons. The lowest BCUT2D eigenvalue weighted by Crippen LogP contribution is -2.21. The zero-order valence-corrected chi connectivity index (χ0v) is 12.4. The van der Waals surface area contributed by atoms with Crippen molar-refractivity contribution in [1.82, 2.24) is 10.3 Å². The highest BCUT2D eigenvalue weighted by Gasteiger charge is 2.32. The summed E-state index contributed by atoms with van der Waals surface area (Å²) in [6, 6.07) is 12.0. The summed E-state index contributed by atoms with van der Waals surface area (Å²) in [5.41, 5.74) is 0.228. The average molecular weight is 322 g/mol. The summed E-state index contributed by atoms with van der Waals surface area (Å²) in [5.74, 6) is 0.472. The van der Waals surface area contributed by atoms with E-state index in [0.29, 0.717) is 0 Å². The fourth-order valence-electron chi connectivity index (χ4n) is 2.76. The number of alkyl halides is 3. The highest BCUT2D eigenvalue weighted by Crippen LogP contribution is 2.33. The Hall–Kier alpha value is -2.08. The van der Waals surface area contributed by atoms with Crippen LogP contribution >= 0.6 is 0 Å². The van der Waals surface area contributed by atoms with Gasteiger partial charge >= 0.3 is 6.18 Å². The zero-order valence-electron chi connectivity index (χ0n) is 12.4. The molecule has 0 aliphatic carbocycles. The van der Waals surface area contributed by atoms with Crippen molar-refractivity contribution in [1.29, 1.82) is 0 Å². The van der Waals surface area contributed by atoms with E-state index in [1.165, 1.54) is 6.07 Å². The molecule has 1 aliphatic rings. The van der Waals surface area contributed by atoms with Gasteiger partial charge in [0.1, 0.15) is 6.10 Å². The van der Waals surface area contributed by atoms with Gasteiger partial charge in [-0.1, -0.05) is 30.3 Å². The highest BCUT2D eigenvalue weighted by atomic mass is 19.4. The Labute approximate surface area is 132 Å². The molecule has 122 valence electrons. The molecule has 3 nitrogen and oxygen atoms in total. The third kappa shape index (κ3) is 3.82. The Morgan fingerprint density at radius 3 is 2.48 bits per heavy atom. The summed E-state index contributed by atoms with van der Waals surface area (Å²) in [5, 5.41) is 3.29. The molecule has 0 bridgehead atoms. The fourth-order valence-corrected chi connectivity index (χ4v) is 2.76. The van der Waals surface area contributed by atoms with Crippen molar-refractivity contribution in [2.24, 2.45) is 5.92 Å². The number of rotatable bonds is 4. The molecule has 0 saturated carbocycles. The van der Waals surface area contributed by atoms with E-state index < -0.39 is 11.7 Å². The Kier molecular flexibility index (Phi) is 4.52. The van der Waals surface area contributed by atoms with Crippen LogP contribution in [0.4, 0.5) is 13.2 Å². The lowest BCUT2D eigenvalue weighted by molar-refractivity contribution is -0.137. The normalized spacial score (nSPS) is 19.5. The second-order valence-corrected chi connectivity index (χ2v) is 5.58. The Bertz CT molecular complexity index is 623. The van der Waals surface area contributed by atoms with Gasteiger partial charge < -0.3 is 10.1 Å². The number of aromatic nitrogens is 1. The predicted molar refractivity (Wildman–Crippen MR) is 80.0 cm³/mol. The van der Waals surface area contributed by atoms with Gasteiger partial charge in [0.15, 0.2) is 0 Å². The second kappa shape index (κ2) is 6.58. The van der Waals surface area contributed by atoms with Gasteiger partial charge in [0.2, 0.25) is 5.88 Å². The third-order valence-corrected chi connectivity index (χ3v) is 3.97. The van der Waals surface area contributed by atoms with Crippen LogP contribution in [0.1, 0.15) is 23.7 Å². The minimum absolute atomic E-state index is 0.207. The van der Waals surface area contributed by atoms with E-state index in [1.54, 1.807) is 0 Å². The number of hydrogen-bond acceptors (Lipinski definition) is 3. The molecular weight excluding hydrogens is 305 g/mol. The molecule has 1 fully saturated rings. The van der Waals surface area contributed by atoms with Crippen molar-refractivity contribution in [2.45, 2.75) is 18.7 Å². The number of nitrogens with one attached hydrogen (secondary N) is 1. The van der Waals surface area contributed by atoms with E-state index in [9.17, 15) is 13.2 Å². The molecule has 2 atom stereocenters. The van der Waals surface area contributed by atoms with Crippen LogP contribution in [0.2, 0.25) is 0 Å². The molecule has 6 heteroatoms. The quantitative estimate of drug-likeness (QED) is 0.929. The maximum atomic E-state index is 12.6. The first-order valence-electron chi connectivity index (χ1n) is 7.49. The smallest absolute Gasteiger partial charge is 0.417 e. The molecule has 2 heterocycles. The maximum absolute atomic E-state index is 12.6. The number of hydrogen-bond donors (Lipinski definition) is 1. The van der Waals surface area contributed by atoms with Gasteiger partial charge in [-0.05, 0) is 24.6 Å². The van der Waals surface area contributed by atoms with Gasteiger partial charge in [0, 0.05) is 24.7 Å². The van der Waals surface area contributed by atoms with Crippen LogP contribution in [-0.4, -0.2) is 18.1 Å². The summed E-state index contributed by atoms with van der Waals surface area (Å²) in [6.07, 6.45) is -2.85. The van der Waals surface area contributed by atoms with Gasteiger partial charge in [-0.3, -0.25) is 0 Å². The van der Waals surface area contributed by atoms with Crippen molar-refractivity contribution < 1.29 is 17.9 Å². The lowest BCUT2D eigenvalue weighted by Gasteiger charge is -2.24. The fraction of sp³-hybridized carbons (Fsp3) is 0.353. The lowest BCUT2D eigenvalue weighted by atomic mass is 9.95. The zero-order chi connectivity index (χ0) is 16.3. The van der Waals surface area contributed by atoms with Crippen LogP contribution in [0, 0.1) is 5.92 Å². The molecule has 0 amide bonds. The molecule has 1 N–H and O–H groups in total. The van der Waals surface area contributed by atoms with Gasteiger partial charge in [0.25, 0.3) is 0 Å². The molecule has 1 saturated heterocycles. The van der Waals surface area contributed by atoms with Crippen LogP contribution in [0.3, 0.4) is 0 Å². The maximum Gasteiger partial charge on any atom is 0.417 e. The van der Waals surface area contributed by atoms with Crippen molar-refractivity contribution >= 4 is 0 Å². The minimum Gasteiger partial charge on any atom is -0.469 e. The van der Waals surface area contributed by atoms with Crippen LogP contribution in [0.5, 0.6) is 5.88 Å². The Morgan fingerprint density at radius 1 is 1.13 bits per heavy atom. The van der Waals surface area contributed by atoms with E-state index in [1.807, 2.05) is 30.3 Å². The summed E-state index contributed by atoms with van der Waals surface area (Å²) in [7, 11) is 0. The summed E-state index contributed by atoms with van der Waals surface area (Å²) >= 11 is 0. The largest absolute Gasteiger partial charge is 0.469 e. The molecule has 1 aromatic heterocycles. The first-order chi connectivity index (χ1) is 11.0. The van der Waals surface area contributed by atoms with Crippen molar-refractivity contribution in [3.05, 3.63) is 59.8 Å². The van der Waals surface area contributed by atoms with E-state index >= 15 is 0 Å². The van der Waals surface area contributed by atoms with Crippen molar-refractivity contribution in [3.8, 4) is 5.88 Å². The Balaban J connectivity index is 1.81. The topological polar surface area (TPSA) is 34.1 Å². The molecule has 1 aromatic carbocycles. The number of halogens is 3. The first kappa shape index (κ1) is 15.8. The monoisotopic (exact) mass is 322 g/mol. The van der Waals surface area contributed by atoms with Crippen LogP contribution in [0.15, 0.2) is 48.7 Å². The summed E-state index contributed by atoms with van der Waals surface area (Å²) < 4.78 is 43.7. The molecule has 1 aliphatic heterocycles. The highest BCUT2D eigenvalue weighted by molar-refractivity contribution is 5.23. The van der Waals surface area contributed by atoms with Crippen molar-refractivity contribution in [3.63, 3.8) is 0 Å². The van der Waals surface area contributed by atoms with Gasteiger partial charge in [-0.25, -0.2) is 4.98 Å². The second-order valence-electron chi connectivity index (χ2n) is 5.58. The number of ether oxygens (including phenoxy) is 1. The third-order valence-electron chi connectivity index (χ3n) is 3.97. The molecule has 2 aromatic rings. The predicted octanol–water partition coefficient (Wildman–Crippen LogP) is 3.83. The summed E-state index contributed by atoms with van der Waals surface area (Å²) in [4.78, 5) is 3.82. The van der Waals surface area contributed by atoms with Crippen LogP contribution in [0.25, 0.3) is 0 Å². The van der Waals surface area contributed by atoms with E-state index in [2.05, 4.69) is 10.3 Å². The SMILES string of the molecule is FC(F)(F)c1ccc(O[C@@H](c2ccccc2)[C@H]2CCNC2)nc1. The van der Waals surface area contributed by atoms with E-state index in [4.69, 9.17) is 4.74 Å². The van der Waals surface area contributed by atoms with Gasteiger partial charge in [-0.15, -0.1) is 0 Å².